The van der Waals surface area contributed by atoms with Gasteiger partial charge in [0.1, 0.15) is 5.82 Å². The summed E-state index contributed by atoms with van der Waals surface area (Å²) < 4.78 is 35.6. The van der Waals surface area contributed by atoms with Crippen molar-refractivity contribution in [2.24, 2.45) is 0 Å². The zero-order valence-electron chi connectivity index (χ0n) is 10.0. The second kappa shape index (κ2) is 5.19. The first-order valence-electron chi connectivity index (χ1n) is 5.38. The second-order valence-corrected chi connectivity index (χ2v) is 6.47. The highest BCUT2D eigenvalue weighted by molar-refractivity contribution is 7.90. The van der Waals surface area contributed by atoms with Gasteiger partial charge in [-0.15, -0.1) is 0 Å². The molecule has 0 unspecified atom stereocenters. The molecule has 2 rings (SSSR count). The molecule has 0 aliphatic carbocycles. The highest BCUT2D eigenvalue weighted by Crippen LogP contribution is 2.23. The zero-order chi connectivity index (χ0) is 14.0. The van der Waals surface area contributed by atoms with Gasteiger partial charge in [0.25, 0.3) is 0 Å². The lowest BCUT2D eigenvalue weighted by atomic mass is 10.2. The number of nitrogens with one attached hydrogen (secondary N) is 1. The van der Waals surface area contributed by atoms with E-state index in [-0.39, 0.29) is 9.92 Å². The standard InChI is InChI=1S/C13H11ClFNO2S/c1-19(17,18)11-5-2-9(3-6-11)16-10-4-7-13(15)12(14)8-10/h2-8,16H,1H3. The van der Waals surface area contributed by atoms with E-state index in [1.165, 1.54) is 24.3 Å². The summed E-state index contributed by atoms with van der Waals surface area (Å²) >= 11 is 5.67. The summed E-state index contributed by atoms with van der Waals surface area (Å²) in [6.07, 6.45) is 1.15. The minimum absolute atomic E-state index is 0.0257. The van der Waals surface area contributed by atoms with E-state index < -0.39 is 15.7 Å². The van der Waals surface area contributed by atoms with E-state index in [4.69, 9.17) is 11.6 Å². The van der Waals surface area contributed by atoms with Gasteiger partial charge >= 0.3 is 0 Å². The Morgan fingerprint density at radius 1 is 1.05 bits per heavy atom. The van der Waals surface area contributed by atoms with Crippen LogP contribution in [0.1, 0.15) is 0 Å². The molecule has 0 saturated carbocycles. The fourth-order valence-corrected chi connectivity index (χ4v) is 2.34. The molecule has 1 N–H and O–H groups in total. The van der Waals surface area contributed by atoms with Crippen molar-refractivity contribution in [2.45, 2.75) is 4.90 Å². The molecule has 0 heterocycles. The molecule has 0 amide bonds. The van der Waals surface area contributed by atoms with Crippen LogP contribution in [0.2, 0.25) is 5.02 Å². The van der Waals surface area contributed by atoms with Crippen LogP contribution in [0.3, 0.4) is 0 Å². The maximum absolute atomic E-state index is 13.0. The summed E-state index contributed by atoms with van der Waals surface area (Å²) in [5.41, 5.74) is 1.31. The molecule has 0 aliphatic rings. The molecule has 6 heteroatoms. The van der Waals surface area contributed by atoms with Crippen LogP contribution in [0.15, 0.2) is 47.4 Å². The van der Waals surface area contributed by atoms with Crippen LogP contribution in [0.5, 0.6) is 0 Å². The van der Waals surface area contributed by atoms with Crippen LogP contribution in [-0.4, -0.2) is 14.7 Å². The zero-order valence-corrected chi connectivity index (χ0v) is 11.6. The molecule has 0 saturated heterocycles. The van der Waals surface area contributed by atoms with E-state index in [2.05, 4.69) is 5.32 Å². The number of anilines is 2. The maximum atomic E-state index is 13.0. The van der Waals surface area contributed by atoms with E-state index in [1.54, 1.807) is 18.2 Å². The monoisotopic (exact) mass is 299 g/mol. The van der Waals surface area contributed by atoms with Gasteiger partial charge in [-0.05, 0) is 42.5 Å². The maximum Gasteiger partial charge on any atom is 0.175 e. The van der Waals surface area contributed by atoms with Crippen molar-refractivity contribution in [3.63, 3.8) is 0 Å². The largest absolute Gasteiger partial charge is 0.355 e. The SMILES string of the molecule is CS(=O)(=O)c1ccc(Nc2ccc(F)c(Cl)c2)cc1. The number of sulfone groups is 1. The number of hydrogen-bond acceptors (Lipinski definition) is 3. The fourth-order valence-electron chi connectivity index (χ4n) is 1.53. The number of halogens is 2. The van der Waals surface area contributed by atoms with E-state index in [1.807, 2.05) is 0 Å². The molecule has 100 valence electrons. The Labute approximate surface area is 115 Å². The van der Waals surface area contributed by atoms with Crippen LogP contribution in [0.4, 0.5) is 15.8 Å². The number of rotatable bonds is 3. The van der Waals surface area contributed by atoms with Gasteiger partial charge in [0, 0.05) is 17.6 Å². The summed E-state index contributed by atoms with van der Waals surface area (Å²) in [6.45, 7) is 0. The molecule has 0 bridgehead atoms. The first-order valence-corrected chi connectivity index (χ1v) is 7.65. The van der Waals surface area contributed by atoms with Crippen LogP contribution >= 0.6 is 11.6 Å². The highest BCUT2D eigenvalue weighted by atomic mass is 35.5. The Balaban J connectivity index is 2.22. The molecular weight excluding hydrogens is 289 g/mol. The predicted molar refractivity (Wildman–Crippen MR) is 74.2 cm³/mol. The van der Waals surface area contributed by atoms with Gasteiger partial charge in [-0.1, -0.05) is 11.6 Å². The van der Waals surface area contributed by atoms with Gasteiger partial charge in [0.15, 0.2) is 9.84 Å². The molecule has 19 heavy (non-hydrogen) atoms. The van der Waals surface area contributed by atoms with Crippen molar-refractivity contribution in [1.82, 2.24) is 0 Å². The lowest BCUT2D eigenvalue weighted by Gasteiger charge is -2.07. The highest BCUT2D eigenvalue weighted by Gasteiger charge is 2.06. The number of benzene rings is 2. The first kappa shape index (κ1) is 13.8. The van der Waals surface area contributed by atoms with Crippen LogP contribution < -0.4 is 5.32 Å². The summed E-state index contributed by atoms with van der Waals surface area (Å²) in [5, 5.41) is 3.03. The van der Waals surface area contributed by atoms with Crippen LogP contribution in [-0.2, 0) is 9.84 Å². The average molecular weight is 300 g/mol. The van der Waals surface area contributed by atoms with Gasteiger partial charge in [-0.3, -0.25) is 0 Å². The Kier molecular flexibility index (Phi) is 3.78. The van der Waals surface area contributed by atoms with Crippen molar-refractivity contribution in [3.05, 3.63) is 53.3 Å². The van der Waals surface area contributed by atoms with Gasteiger partial charge in [-0.25, -0.2) is 12.8 Å². The van der Waals surface area contributed by atoms with Gasteiger partial charge in [-0.2, -0.15) is 0 Å². The molecule has 0 spiro atoms. The van der Waals surface area contributed by atoms with Crippen LogP contribution in [0.25, 0.3) is 0 Å². The Morgan fingerprint density at radius 3 is 2.16 bits per heavy atom. The quantitative estimate of drug-likeness (QED) is 0.941. The predicted octanol–water partition coefficient (Wildman–Crippen LogP) is 3.63. The second-order valence-electron chi connectivity index (χ2n) is 4.05. The molecule has 2 aromatic rings. The fraction of sp³-hybridized carbons (Fsp3) is 0.0769. The Morgan fingerprint density at radius 2 is 1.63 bits per heavy atom. The Bertz CT molecular complexity index is 699. The minimum atomic E-state index is -3.20. The molecule has 0 aromatic heterocycles. The first-order chi connectivity index (χ1) is 8.86. The average Bonchev–Trinajstić information content (AvgIpc) is 2.33. The normalized spacial score (nSPS) is 11.3. The Hall–Kier alpha value is -1.59. The minimum Gasteiger partial charge on any atom is -0.355 e. The van der Waals surface area contributed by atoms with E-state index >= 15 is 0 Å². The molecule has 0 aliphatic heterocycles. The lowest BCUT2D eigenvalue weighted by molar-refractivity contribution is 0.602. The van der Waals surface area contributed by atoms with E-state index in [0.717, 1.165) is 6.26 Å². The van der Waals surface area contributed by atoms with Crippen molar-refractivity contribution in [2.75, 3.05) is 11.6 Å². The molecule has 3 nitrogen and oxygen atoms in total. The van der Waals surface area contributed by atoms with Crippen molar-refractivity contribution in [1.29, 1.82) is 0 Å². The van der Waals surface area contributed by atoms with Crippen molar-refractivity contribution >= 4 is 32.8 Å². The molecule has 0 atom stereocenters. The topological polar surface area (TPSA) is 46.2 Å². The molecular formula is C13H11ClFNO2S. The number of hydrogen-bond donors (Lipinski definition) is 1. The summed E-state index contributed by atoms with van der Waals surface area (Å²) in [4.78, 5) is 0.246. The van der Waals surface area contributed by atoms with Gasteiger partial charge < -0.3 is 5.32 Å². The van der Waals surface area contributed by atoms with Crippen LogP contribution in [0, 0.1) is 5.82 Å². The smallest absolute Gasteiger partial charge is 0.175 e. The van der Waals surface area contributed by atoms with Gasteiger partial charge in [0.05, 0.1) is 9.92 Å². The van der Waals surface area contributed by atoms with Gasteiger partial charge in [0.2, 0.25) is 0 Å². The van der Waals surface area contributed by atoms with Crippen molar-refractivity contribution < 1.29 is 12.8 Å². The third-order valence-electron chi connectivity index (χ3n) is 2.49. The van der Waals surface area contributed by atoms with E-state index in [0.29, 0.717) is 11.4 Å². The third-order valence-corrected chi connectivity index (χ3v) is 3.91. The molecule has 2 aromatic carbocycles. The van der Waals surface area contributed by atoms with Crippen molar-refractivity contribution in [3.8, 4) is 0 Å². The summed E-state index contributed by atoms with van der Waals surface area (Å²) in [7, 11) is -3.20. The third kappa shape index (κ3) is 3.45. The lowest BCUT2D eigenvalue weighted by Crippen LogP contribution is -1.97. The molecule has 0 fully saturated rings. The summed E-state index contributed by atoms with van der Waals surface area (Å²) in [5.74, 6) is -0.486. The molecule has 0 radical (unpaired) electrons. The summed E-state index contributed by atoms with van der Waals surface area (Å²) in [6, 6.07) is 10.5. The van der Waals surface area contributed by atoms with E-state index in [9.17, 15) is 12.8 Å².